The van der Waals surface area contributed by atoms with Gasteiger partial charge < -0.3 is 9.84 Å². The molecule has 0 spiro atoms. The molecule has 0 atom stereocenters. The Balaban J connectivity index is 2.75. The normalized spacial score (nSPS) is 10.6. The zero-order valence-electron chi connectivity index (χ0n) is 9.20. The summed E-state index contributed by atoms with van der Waals surface area (Å²) in [6.45, 7) is 5.22. The van der Waals surface area contributed by atoms with Gasteiger partial charge in [0.1, 0.15) is 28.0 Å². The van der Waals surface area contributed by atoms with Crippen LogP contribution >= 0.6 is 11.3 Å². The maximum absolute atomic E-state index is 11.4. The van der Waals surface area contributed by atoms with Gasteiger partial charge in [0.2, 0.25) is 0 Å². The van der Waals surface area contributed by atoms with Crippen LogP contribution in [0.5, 0.6) is 5.75 Å². The van der Waals surface area contributed by atoms with Crippen molar-refractivity contribution in [3.63, 3.8) is 0 Å². The fraction of sp³-hybridized carbons (Fsp3) is 0.400. The summed E-state index contributed by atoms with van der Waals surface area (Å²) < 4.78 is 5.02. The van der Waals surface area contributed by atoms with Gasteiger partial charge >= 0.3 is 6.09 Å². The molecule has 1 aromatic rings. The van der Waals surface area contributed by atoms with E-state index in [0.717, 1.165) is 11.3 Å². The minimum absolute atomic E-state index is 0.0517. The summed E-state index contributed by atoms with van der Waals surface area (Å²) in [5.41, 5.74) is -0.549. The highest BCUT2D eigenvalue weighted by Gasteiger charge is 2.19. The van der Waals surface area contributed by atoms with E-state index in [4.69, 9.17) is 10.00 Å². The average molecular weight is 240 g/mol. The van der Waals surface area contributed by atoms with Crippen LogP contribution in [-0.4, -0.2) is 16.8 Å². The van der Waals surface area contributed by atoms with Gasteiger partial charge in [-0.3, -0.25) is 5.32 Å². The second-order valence-electron chi connectivity index (χ2n) is 4.06. The summed E-state index contributed by atoms with van der Waals surface area (Å²) in [6.07, 6.45) is -0.647. The lowest BCUT2D eigenvalue weighted by molar-refractivity contribution is 0.0636. The Hall–Kier alpha value is -1.74. The molecule has 0 bridgehead atoms. The number of carbonyl (C=O) groups is 1. The Bertz CT molecular complexity index is 440. The standard InChI is InChI=1S/C10H12N2O3S/c1-10(2,3)15-9(14)12-8-6(4-11)7(13)5-16-8/h5,13H,1-3H3,(H,12,14). The first-order valence-corrected chi connectivity index (χ1v) is 5.42. The number of carbonyl (C=O) groups excluding carboxylic acids is 1. The van der Waals surface area contributed by atoms with E-state index < -0.39 is 11.7 Å². The molecule has 1 heterocycles. The molecular formula is C10H12N2O3S. The highest BCUT2D eigenvalue weighted by Crippen LogP contribution is 2.32. The molecule has 0 saturated heterocycles. The van der Waals surface area contributed by atoms with Crippen molar-refractivity contribution in [2.24, 2.45) is 0 Å². The quantitative estimate of drug-likeness (QED) is 0.790. The Morgan fingerprint density at radius 1 is 1.62 bits per heavy atom. The second kappa shape index (κ2) is 4.41. The Morgan fingerprint density at radius 3 is 2.75 bits per heavy atom. The van der Waals surface area contributed by atoms with E-state index in [0.29, 0.717) is 0 Å². The van der Waals surface area contributed by atoms with E-state index in [-0.39, 0.29) is 16.3 Å². The SMILES string of the molecule is CC(C)(C)OC(=O)Nc1scc(O)c1C#N. The van der Waals surface area contributed by atoms with Crippen molar-refractivity contribution < 1.29 is 14.6 Å². The molecule has 0 saturated carbocycles. The third kappa shape index (κ3) is 3.14. The Kier molecular flexibility index (Phi) is 3.40. The van der Waals surface area contributed by atoms with Crippen molar-refractivity contribution in [3.05, 3.63) is 10.9 Å². The van der Waals surface area contributed by atoms with E-state index in [1.807, 2.05) is 0 Å². The predicted molar refractivity (Wildman–Crippen MR) is 60.6 cm³/mol. The van der Waals surface area contributed by atoms with E-state index >= 15 is 0 Å². The topological polar surface area (TPSA) is 82.3 Å². The molecule has 5 nitrogen and oxygen atoms in total. The molecule has 6 heteroatoms. The molecule has 0 unspecified atom stereocenters. The molecule has 2 N–H and O–H groups in total. The van der Waals surface area contributed by atoms with Gasteiger partial charge in [-0.05, 0) is 20.8 Å². The zero-order chi connectivity index (χ0) is 12.3. The summed E-state index contributed by atoms with van der Waals surface area (Å²) in [4.78, 5) is 11.4. The van der Waals surface area contributed by atoms with E-state index in [1.165, 1.54) is 5.38 Å². The number of nitrogens with zero attached hydrogens (tertiary/aromatic N) is 1. The first-order valence-electron chi connectivity index (χ1n) is 4.54. The number of aromatic hydroxyl groups is 1. The highest BCUT2D eigenvalue weighted by atomic mass is 32.1. The second-order valence-corrected chi connectivity index (χ2v) is 4.94. The number of ether oxygens (including phenoxy) is 1. The molecule has 0 aromatic carbocycles. The number of hydrogen-bond acceptors (Lipinski definition) is 5. The van der Waals surface area contributed by atoms with Crippen LogP contribution in [0, 0.1) is 11.3 Å². The number of hydrogen-bond donors (Lipinski definition) is 2. The van der Waals surface area contributed by atoms with Crippen LogP contribution in [0.1, 0.15) is 26.3 Å². The Morgan fingerprint density at radius 2 is 2.25 bits per heavy atom. The predicted octanol–water partition coefficient (Wildman–Crippen LogP) is 2.67. The monoisotopic (exact) mass is 240 g/mol. The molecule has 16 heavy (non-hydrogen) atoms. The number of amides is 1. The Labute approximate surface area is 97.3 Å². The number of nitrogens with one attached hydrogen (secondary N) is 1. The van der Waals surface area contributed by atoms with Gasteiger partial charge in [0.25, 0.3) is 0 Å². The number of nitriles is 1. The van der Waals surface area contributed by atoms with Gasteiger partial charge in [0.15, 0.2) is 0 Å². The molecule has 1 rings (SSSR count). The van der Waals surface area contributed by atoms with E-state index in [1.54, 1.807) is 26.8 Å². The van der Waals surface area contributed by atoms with Gasteiger partial charge in [-0.1, -0.05) is 0 Å². The maximum Gasteiger partial charge on any atom is 0.412 e. The van der Waals surface area contributed by atoms with Crippen molar-refractivity contribution >= 4 is 22.4 Å². The van der Waals surface area contributed by atoms with Gasteiger partial charge in [0.05, 0.1) is 0 Å². The van der Waals surface area contributed by atoms with Crippen LogP contribution in [0.3, 0.4) is 0 Å². The number of anilines is 1. The van der Waals surface area contributed by atoms with E-state index in [9.17, 15) is 9.90 Å². The fourth-order valence-corrected chi connectivity index (χ4v) is 1.70. The molecular weight excluding hydrogens is 228 g/mol. The molecule has 1 amide bonds. The molecule has 0 aliphatic heterocycles. The largest absolute Gasteiger partial charge is 0.506 e. The summed E-state index contributed by atoms with van der Waals surface area (Å²) in [6, 6.07) is 1.80. The molecule has 0 fully saturated rings. The first-order chi connectivity index (χ1) is 7.33. The molecule has 1 aromatic heterocycles. The summed E-state index contributed by atoms with van der Waals surface area (Å²) >= 11 is 1.07. The average Bonchev–Trinajstić information content (AvgIpc) is 2.43. The summed E-state index contributed by atoms with van der Waals surface area (Å²) in [5.74, 6) is -0.140. The number of rotatable bonds is 1. The van der Waals surface area contributed by atoms with Crippen LogP contribution in [0.15, 0.2) is 5.38 Å². The van der Waals surface area contributed by atoms with Crippen LogP contribution in [-0.2, 0) is 4.74 Å². The summed E-state index contributed by atoms with van der Waals surface area (Å²) in [5, 5.41) is 22.1. The van der Waals surface area contributed by atoms with Gasteiger partial charge in [0, 0.05) is 5.38 Å². The zero-order valence-corrected chi connectivity index (χ0v) is 10.0. The van der Waals surface area contributed by atoms with Crippen molar-refractivity contribution in [2.45, 2.75) is 26.4 Å². The van der Waals surface area contributed by atoms with Crippen molar-refractivity contribution in [1.82, 2.24) is 0 Å². The van der Waals surface area contributed by atoms with E-state index in [2.05, 4.69) is 5.32 Å². The van der Waals surface area contributed by atoms with Crippen molar-refractivity contribution in [3.8, 4) is 11.8 Å². The lowest BCUT2D eigenvalue weighted by Crippen LogP contribution is -2.27. The summed E-state index contributed by atoms with van der Waals surface area (Å²) in [7, 11) is 0. The van der Waals surface area contributed by atoms with Gasteiger partial charge in [-0.15, -0.1) is 11.3 Å². The molecule has 0 aliphatic carbocycles. The van der Waals surface area contributed by atoms with Crippen LogP contribution < -0.4 is 5.32 Å². The molecule has 0 radical (unpaired) electrons. The highest BCUT2D eigenvalue weighted by molar-refractivity contribution is 7.15. The lowest BCUT2D eigenvalue weighted by Gasteiger charge is -2.19. The van der Waals surface area contributed by atoms with Gasteiger partial charge in [-0.25, -0.2) is 4.79 Å². The van der Waals surface area contributed by atoms with Crippen LogP contribution in [0.25, 0.3) is 0 Å². The lowest BCUT2D eigenvalue weighted by atomic mass is 10.2. The van der Waals surface area contributed by atoms with Crippen LogP contribution in [0.2, 0.25) is 0 Å². The van der Waals surface area contributed by atoms with Gasteiger partial charge in [-0.2, -0.15) is 5.26 Å². The fourth-order valence-electron chi connectivity index (χ4n) is 0.945. The van der Waals surface area contributed by atoms with Crippen molar-refractivity contribution in [2.75, 3.05) is 5.32 Å². The van der Waals surface area contributed by atoms with Crippen LogP contribution in [0.4, 0.5) is 9.80 Å². The van der Waals surface area contributed by atoms with Crippen molar-refractivity contribution in [1.29, 1.82) is 5.26 Å². The number of thiophene rings is 1. The third-order valence-corrected chi connectivity index (χ3v) is 2.38. The smallest absolute Gasteiger partial charge is 0.412 e. The minimum Gasteiger partial charge on any atom is -0.506 e. The molecule has 0 aliphatic rings. The third-order valence-electron chi connectivity index (χ3n) is 1.50. The first kappa shape index (κ1) is 12.3. The maximum atomic E-state index is 11.4. The molecule has 86 valence electrons. The minimum atomic E-state index is -0.647.